The number of amides is 2. The van der Waals surface area contributed by atoms with Gasteiger partial charge < -0.3 is 10.6 Å². The van der Waals surface area contributed by atoms with Crippen LogP contribution in [0.1, 0.15) is 28.9 Å². The van der Waals surface area contributed by atoms with Crippen LogP contribution in [0.4, 0.5) is 0 Å². The lowest BCUT2D eigenvalue weighted by molar-refractivity contribution is -0.120. The normalized spacial score (nSPS) is 11.7. The topological polar surface area (TPSA) is 58.2 Å². The van der Waals surface area contributed by atoms with Crippen LogP contribution >= 0.6 is 34.8 Å². The molecule has 0 heterocycles. The Morgan fingerprint density at radius 2 is 1.62 bits per heavy atom. The third-order valence-electron chi connectivity index (χ3n) is 3.32. The molecule has 2 amide bonds. The second-order valence-electron chi connectivity index (χ2n) is 5.14. The summed E-state index contributed by atoms with van der Waals surface area (Å²) in [4.78, 5) is 23.9. The molecule has 4 nitrogen and oxygen atoms in total. The third-order valence-corrected chi connectivity index (χ3v) is 4.14. The first kappa shape index (κ1) is 18.6. The molecule has 0 aromatic heterocycles. The standard InChI is InChI=1S/C17H15Cl3N2O2/c1-10(14-7-6-13(19)8-15(14)20)22-16(23)9-21-17(24)11-2-4-12(18)5-3-11/h2-8,10H,9H2,1H3,(H,21,24)(H,22,23)/t10-/m0/s1. The fraction of sp³-hybridized carbons (Fsp3) is 0.176. The second-order valence-corrected chi connectivity index (χ2v) is 6.42. The van der Waals surface area contributed by atoms with E-state index >= 15 is 0 Å². The van der Waals surface area contributed by atoms with Gasteiger partial charge in [0.1, 0.15) is 0 Å². The van der Waals surface area contributed by atoms with Gasteiger partial charge in [0.2, 0.25) is 5.91 Å². The maximum atomic E-state index is 12.0. The largest absolute Gasteiger partial charge is 0.348 e. The van der Waals surface area contributed by atoms with E-state index in [-0.39, 0.29) is 24.4 Å². The molecular weight excluding hydrogens is 371 g/mol. The highest BCUT2D eigenvalue weighted by Gasteiger charge is 2.14. The Labute approximate surface area is 155 Å². The van der Waals surface area contributed by atoms with Gasteiger partial charge in [-0.1, -0.05) is 40.9 Å². The molecule has 0 spiro atoms. The van der Waals surface area contributed by atoms with E-state index in [0.717, 1.165) is 5.56 Å². The summed E-state index contributed by atoms with van der Waals surface area (Å²) in [6.45, 7) is 1.66. The molecule has 0 unspecified atom stereocenters. The number of nitrogens with one attached hydrogen (secondary N) is 2. The number of carbonyl (C=O) groups excluding carboxylic acids is 2. The van der Waals surface area contributed by atoms with Crippen LogP contribution in [-0.4, -0.2) is 18.4 Å². The van der Waals surface area contributed by atoms with Gasteiger partial charge in [-0.05, 0) is 48.9 Å². The molecule has 0 aliphatic rings. The number of carbonyl (C=O) groups is 2. The van der Waals surface area contributed by atoms with Crippen LogP contribution in [0.15, 0.2) is 42.5 Å². The second kappa shape index (κ2) is 8.38. The highest BCUT2D eigenvalue weighted by Crippen LogP contribution is 2.25. The molecule has 2 aromatic carbocycles. The van der Waals surface area contributed by atoms with Crippen LogP contribution in [-0.2, 0) is 4.79 Å². The monoisotopic (exact) mass is 384 g/mol. The quantitative estimate of drug-likeness (QED) is 0.808. The Bertz CT molecular complexity index is 748. The Balaban J connectivity index is 1.88. The lowest BCUT2D eigenvalue weighted by Crippen LogP contribution is -2.38. The zero-order valence-electron chi connectivity index (χ0n) is 12.8. The fourth-order valence-corrected chi connectivity index (χ4v) is 2.78. The number of benzene rings is 2. The van der Waals surface area contributed by atoms with Crippen molar-refractivity contribution in [3.8, 4) is 0 Å². The predicted octanol–water partition coefficient (Wildman–Crippen LogP) is 4.25. The average molecular weight is 386 g/mol. The molecule has 0 aliphatic heterocycles. The van der Waals surface area contributed by atoms with E-state index in [4.69, 9.17) is 34.8 Å². The summed E-state index contributed by atoms with van der Waals surface area (Å²) in [6.07, 6.45) is 0. The molecule has 0 fully saturated rings. The maximum Gasteiger partial charge on any atom is 0.251 e. The number of halogens is 3. The van der Waals surface area contributed by atoms with Crippen LogP contribution in [0.3, 0.4) is 0 Å². The average Bonchev–Trinajstić information content (AvgIpc) is 2.53. The van der Waals surface area contributed by atoms with Gasteiger partial charge in [-0.3, -0.25) is 9.59 Å². The van der Waals surface area contributed by atoms with E-state index in [2.05, 4.69) is 10.6 Å². The van der Waals surface area contributed by atoms with Gasteiger partial charge in [0, 0.05) is 20.6 Å². The fourth-order valence-electron chi connectivity index (χ4n) is 2.09. The SMILES string of the molecule is C[C@H](NC(=O)CNC(=O)c1ccc(Cl)cc1)c1ccc(Cl)cc1Cl. The van der Waals surface area contributed by atoms with E-state index < -0.39 is 0 Å². The zero-order chi connectivity index (χ0) is 17.7. The van der Waals surface area contributed by atoms with Crippen molar-refractivity contribution >= 4 is 46.6 Å². The molecule has 0 bridgehead atoms. The minimum atomic E-state index is -0.348. The van der Waals surface area contributed by atoms with E-state index in [9.17, 15) is 9.59 Å². The van der Waals surface area contributed by atoms with E-state index in [0.29, 0.717) is 20.6 Å². The molecule has 7 heteroatoms. The van der Waals surface area contributed by atoms with Crippen molar-refractivity contribution in [2.75, 3.05) is 6.54 Å². The van der Waals surface area contributed by atoms with Gasteiger partial charge in [0.25, 0.3) is 5.91 Å². The van der Waals surface area contributed by atoms with Crippen molar-refractivity contribution in [1.82, 2.24) is 10.6 Å². The van der Waals surface area contributed by atoms with E-state index in [1.807, 2.05) is 0 Å². The van der Waals surface area contributed by atoms with Crippen molar-refractivity contribution in [1.29, 1.82) is 0 Å². The number of hydrogen-bond acceptors (Lipinski definition) is 2. The summed E-state index contributed by atoms with van der Waals surface area (Å²) in [5, 5.41) is 6.86. The van der Waals surface area contributed by atoms with Crippen molar-refractivity contribution in [2.24, 2.45) is 0 Å². The van der Waals surface area contributed by atoms with Gasteiger partial charge >= 0.3 is 0 Å². The van der Waals surface area contributed by atoms with Gasteiger partial charge in [0.15, 0.2) is 0 Å². The minimum Gasteiger partial charge on any atom is -0.348 e. The third kappa shape index (κ3) is 5.13. The lowest BCUT2D eigenvalue weighted by atomic mass is 10.1. The Kier molecular flexibility index (Phi) is 6.49. The summed E-state index contributed by atoms with van der Waals surface area (Å²) in [5.41, 5.74) is 1.18. The first-order chi connectivity index (χ1) is 11.4. The molecule has 1 atom stereocenters. The predicted molar refractivity (Wildman–Crippen MR) is 96.8 cm³/mol. The highest BCUT2D eigenvalue weighted by atomic mass is 35.5. The number of hydrogen-bond donors (Lipinski definition) is 2. The van der Waals surface area contributed by atoms with Crippen LogP contribution in [0.2, 0.25) is 15.1 Å². The lowest BCUT2D eigenvalue weighted by Gasteiger charge is -2.16. The smallest absolute Gasteiger partial charge is 0.251 e. The molecule has 126 valence electrons. The Morgan fingerprint density at radius 3 is 2.25 bits per heavy atom. The van der Waals surface area contributed by atoms with Crippen LogP contribution in [0.25, 0.3) is 0 Å². The molecule has 0 aliphatic carbocycles. The van der Waals surface area contributed by atoms with Crippen molar-refractivity contribution in [2.45, 2.75) is 13.0 Å². The zero-order valence-corrected chi connectivity index (χ0v) is 15.0. The van der Waals surface area contributed by atoms with Gasteiger partial charge in [-0.15, -0.1) is 0 Å². The molecule has 2 aromatic rings. The first-order valence-electron chi connectivity index (χ1n) is 7.15. The number of rotatable bonds is 5. The van der Waals surface area contributed by atoms with E-state index in [1.54, 1.807) is 49.4 Å². The van der Waals surface area contributed by atoms with E-state index in [1.165, 1.54) is 0 Å². The molecule has 0 radical (unpaired) electrons. The summed E-state index contributed by atoms with van der Waals surface area (Å²) in [5.74, 6) is -0.671. The summed E-state index contributed by atoms with van der Waals surface area (Å²) in [7, 11) is 0. The van der Waals surface area contributed by atoms with Crippen LogP contribution < -0.4 is 10.6 Å². The molecule has 2 rings (SSSR count). The van der Waals surface area contributed by atoms with Gasteiger partial charge in [0.05, 0.1) is 12.6 Å². The van der Waals surface area contributed by atoms with Crippen molar-refractivity contribution in [3.05, 3.63) is 68.7 Å². The molecule has 0 saturated carbocycles. The highest BCUT2D eigenvalue weighted by molar-refractivity contribution is 6.35. The minimum absolute atomic E-state index is 0.142. The maximum absolute atomic E-state index is 12.0. The Morgan fingerprint density at radius 1 is 1.00 bits per heavy atom. The van der Waals surface area contributed by atoms with Gasteiger partial charge in [-0.2, -0.15) is 0 Å². The molecule has 0 saturated heterocycles. The van der Waals surface area contributed by atoms with Gasteiger partial charge in [-0.25, -0.2) is 0 Å². The van der Waals surface area contributed by atoms with Crippen LogP contribution in [0.5, 0.6) is 0 Å². The molecular formula is C17H15Cl3N2O2. The van der Waals surface area contributed by atoms with Crippen molar-refractivity contribution < 1.29 is 9.59 Å². The summed E-state index contributed by atoms with van der Waals surface area (Å²) >= 11 is 17.7. The Hall–Kier alpha value is -1.75. The molecule has 2 N–H and O–H groups in total. The summed E-state index contributed by atoms with van der Waals surface area (Å²) < 4.78 is 0. The molecule has 24 heavy (non-hydrogen) atoms. The van der Waals surface area contributed by atoms with Crippen molar-refractivity contribution in [3.63, 3.8) is 0 Å². The first-order valence-corrected chi connectivity index (χ1v) is 8.28. The van der Waals surface area contributed by atoms with Crippen LogP contribution in [0, 0.1) is 0 Å². The summed E-state index contributed by atoms with van der Waals surface area (Å²) in [6, 6.07) is 11.2.